The van der Waals surface area contributed by atoms with Crippen molar-refractivity contribution in [2.45, 2.75) is 32.5 Å². The number of benzene rings is 1. The lowest BCUT2D eigenvalue weighted by Gasteiger charge is -2.35. The Bertz CT molecular complexity index is 730. The van der Waals surface area contributed by atoms with Crippen molar-refractivity contribution < 1.29 is 27.5 Å². The third kappa shape index (κ3) is 5.48. The van der Waals surface area contributed by atoms with Crippen LogP contribution in [0, 0.1) is 0 Å². The highest BCUT2D eigenvalue weighted by atomic mass is 19.4. The molecule has 0 aromatic heterocycles. The Hall–Kier alpha value is -2.51. The first-order chi connectivity index (χ1) is 12.4. The highest BCUT2D eigenvalue weighted by Crippen LogP contribution is 2.31. The number of hydrogen-bond acceptors (Lipinski definition) is 3. The van der Waals surface area contributed by atoms with Gasteiger partial charge in [0, 0.05) is 31.8 Å². The zero-order valence-corrected chi connectivity index (χ0v) is 15.6. The van der Waals surface area contributed by atoms with Gasteiger partial charge in [0.2, 0.25) is 0 Å². The van der Waals surface area contributed by atoms with Crippen LogP contribution in [0.5, 0.6) is 0 Å². The van der Waals surface area contributed by atoms with E-state index >= 15 is 0 Å². The summed E-state index contributed by atoms with van der Waals surface area (Å²) in [5.74, 6) is -0.446. The van der Waals surface area contributed by atoms with Gasteiger partial charge in [-0.25, -0.2) is 4.79 Å². The molecule has 1 aliphatic heterocycles. The van der Waals surface area contributed by atoms with Gasteiger partial charge >= 0.3 is 12.3 Å². The minimum atomic E-state index is -4.49. The Morgan fingerprint density at radius 2 is 1.59 bits per heavy atom. The Kier molecular flexibility index (Phi) is 5.87. The molecule has 27 heavy (non-hydrogen) atoms. The highest BCUT2D eigenvalue weighted by molar-refractivity contribution is 6.18. The molecule has 1 heterocycles. The van der Waals surface area contributed by atoms with E-state index in [1.807, 2.05) is 0 Å². The average molecular weight is 384 g/mol. The van der Waals surface area contributed by atoms with Crippen LogP contribution in [0.1, 0.15) is 31.9 Å². The molecule has 1 aromatic rings. The quantitative estimate of drug-likeness (QED) is 0.729. The molecule has 0 atom stereocenters. The van der Waals surface area contributed by atoms with Crippen LogP contribution >= 0.6 is 0 Å². The van der Waals surface area contributed by atoms with Crippen molar-refractivity contribution in [1.29, 1.82) is 0 Å². The Balaban J connectivity index is 2.00. The number of hydrogen-bond donors (Lipinski definition) is 0. The van der Waals surface area contributed by atoms with Gasteiger partial charge in [0.05, 0.1) is 5.56 Å². The van der Waals surface area contributed by atoms with E-state index in [2.05, 4.69) is 6.58 Å². The summed E-state index contributed by atoms with van der Waals surface area (Å²) in [6.07, 6.45) is -4.94. The van der Waals surface area contributed by atoms with Crippen LogP contribution in [-0.4, -0.2) is 53.6 Å². The van der Waals surface area contributed by atoms with Gasteiger partial charge in [-0.15, -0.1) is 0 Å². The van der Waals surface area contributed by atoms with Gasteiger partial charge in [0.1, 0.15) is 5.60 Å². The summed E-state index contributed by atoms with van der Waals surface area (Å²) >= 11 is 0. The van der Waals surface area contributed by atoms with Crippen LogP contribution in [0.25, 0.3) is 5.57 Å². The lowest BCUT2D eigenvalue weighted by atomic mass is 10.0. The van der Waals surface area contributed by atoms with Gasteiger partial charge in [-0.2, -0.15) is 13.2 Å². The first kappa shape index (κ1) is 20.8. The van der Waals surface area contributed by atoms with Gasteiger partial charge in [-0.3, -0.25) is 4.79 Å². The molecule has 2 amide bonds. The molecular weight excluding hydrogens is 361 g/mol. The van der Waals surface area contributed by atoms with Gasteiger partial charge in [-0.1, -0.05) is 18.7 Å². The maximum atomic E-state index is 12.8. The second-order valence-corrected chi connectivity index (χ2v) is 7.32. The van der Waals surface area contributed by atoms with E-state index in [4.69, 9.17) is 4.74 Å². The Labute approximate surface area is 156 Å². The molecule has 0 spiro atoms. The van der Waals surface area contributed by atoms with Gasteiger partial charge in [-0.05, 0) is 38.5 Å². The number of amides is 2. The minimum absolute atomic E-state index is 0.00758. The van der Waals surface area contributed by atoms with Crippen LogP contribution < -0.4 is 0 Å². The second-order valence-electron chi connectivity index (χ2n) is 7.32. The monoisotopic (exact) mass is 384 g/mol. The number of alkyl halides is 3. The third-order valence-electron chi connectivity index (χ3n) is 4.02. The predicted molar refractivity (Wildman–Crippen MR) is 94.9 cm³/mol. The molecule has 1 aliphatic rings. The summed E-state index contributed by atoms with van der Waals surface area (Å²) in [4.78, 5) is 27.6. The molecule has 0 radical (unpaired) electrons. The van der Waals surface area contributed by atoms with E-state index in [-0.39, 0.29) is 37.3 Å². The van der Waals surface area contributed by atoms with E-state index in [1.165, 1.54) is 21.9 Å². The topological polar surface area (TPSA) is 49.9 Å². The number of piperazine rings is 1. The smallest absolute Gasteiger partial charge is 0.416 e. The normalized spacial score (nSPS) is 15.5. The number of carbonyl (C=O) groups excluding carboxylic acids is 2. The van der Waals surface area contributed by atoms with Crippen LogP contribution in [0.15, 0.2) is 30.8 Å². The molecule has 8 heteroatoms. The number of carbonyl (C=O) groups is 2. The second kappa shape index (κ2) is 7.62. The van der Waals surface area contributed by atoms with Crippen molar-refractivity contribution in [2.24, 2.45) is 0 Å². The molecule has 1 aromatic carbocycles. The maximum Gasteiger partial charge on any atom is 0.416 e. The lowest BCUT2D eigenvalue weighted by molar-refractivity contribution is -0.137. The zero-order valence-electron chi connectivity index (χ0n) is 15.6. The molecule has 148 valence electrons. The van der Waals surface area contributed by atoms with Gasteiger partial charge in [0.15, 0.2) is 0 Å². The molecule has 1 fully saturated rings. The SMILES string of the molecule is C=C(C(=O)N1CCN(C(=O)OC(C)(C)C)CC1)c1cccc(C(F)(F)F)c1. The first-order valence-corrected chi connectivity index (χ1v) is 8.52. The van der Waals surface area contributed by atoms with Gasteiger partial charge < -0.3 is 14.5 Å². The summed E-state index contributed by atoms with van der Waals surface area (Å²) in [6, 6.07) is 4.53. The fourth-order valence-electron chi connectivity index (χ4n) is 2.62. The van der Waals surface area contributed by atoms with Crippen molar-refractivity contribution in [3.05, 3.63) is 42.0 Å². The van der Waals surface area contributed by atoms with Gasteiger partial charge in [0.25, 0.3) is 5.91 Å². The summed E-state index contributed by atoms with van der Waals surface area (Å²) in [5, 5.41) is 0. The third-order valence-corrected chi connectivity index (χ3v) is 4.02. The molecule has 0 saturated carbocycles. The molecule has 5 nitrogen and oxygen atoms in total. The van der Waals surface area contributed by atoms with E-state index in [1.54, 1.807) is 20.8 Å². The molecule has 0 aliphatic carbocycles. The molecule has 0 N–H and O–H groups in total. The molecular formula is C19H23F3N2O3. The van der Waals surface area contributed by atoms with Crippen LogP contribution in [0.3, 0.4) is 0 Å². The molecule has 1 saturated heterocycles. The fourth-order valence-corrected chi connectivity index (χ4v) is 2.62. The number of rotatable bonds is 2. The standard InChI is InChI=1S/C19H23F3N2O3/c1-13(14-6-5-7-15(12-14)19(20,21)22)16(25)23-8-10-24(11-9-23)17(26)27-18(2,3)4/h5-7,12H,1,8-11H2,2-4H3. The maximum absolute atomic E-state index is 12.8. The van der Waals surface area contributed by atoms with E-state index < -0.39 is 29.3 Å². The number of nitrogens with zero attached hydrogens (tertiary/aromatic N) is 2. The first-order valence-electron chi connectivity index (χ1n) is 8.52. The van der Waals surface area contributed by atoms with Crippen LogP contribution in [0.4, 0.5) is 18.0 Å². The summed E-state index contributed by atoms with van der Waals surface area (Å²) in [5.41, 5.74) is -1.32. The minimum Gasteiger partial charge on any atom is -0.444 e. The van der Waals surface area contributed by atoms with Crippen LogP contribution in [-0.2, 0) is 15.7 Å². The zero-order chi connectivity index (χ0) is 20.4. The summed E-state index contributed by atoms with van der Waals surface area (Å²) < 4.78 is 43.8. The Morgan fingerprint density at radius 1 is 1.04 bits per heavy atom. The largest absolute Gasteiger partial charge is 0.444 e. The summed E-state index contributed by atoms with van der Waals surface area (Å²) in [7, 11) is 0. The Morgan fingerprint density at radius 3 is 2.11 bits per heavy atom. The molecule has 2 rings (SSSR count). The predicted octanol–water partition coefficient (Wildman–Crippen LogP) is 3.80. The molecule has 0 bridgehead atoms. The lowest BCUT2D eigenvalue weighted by Crippen LogP contribution is -2.51. The van der Waals surface area contributed by atoms with Crippen molar-refractivity contribution in [3.8, 4) is 0 Å². The van der Waals surface area contributed by atoms with E-state index in [0.717, 1.165) is 12.1 Å². The van der Waals surface area contributed by atoms with E-state index in [9.17, 15) is 22.8 Å². The number of halogens is 3. The van der Waals surface area contributed by atoms with Crippen molar-refractivity contribution in [1.82, 2.24) is 9.80 Å². The highest BCUT2D eigenvalue weighted by Gasteiger charge is 2.32. The average Bonchev–Trinajstić information content (AvgIpc) is 2.58. The number of ether oxygens (including phenoxy) is 1. The van der Waals surface area contributed by atoms with E-state index in [0.29, 0.717) is 0 Å². The fraction of sp³-hybridized carbons (Fsp3) is 0.474. The summed E-state index contributed by atoms with van der Waals surface area (Å²) in [6.45, 7) is 10.1. The van der Waals surface area contributed by atoms with Crippen molar-refractivity contribution >= 4 is 17.6 Å². The van der Waals surface area contributed by atoms with Crippen molar-refractivity contribution in [2.75, 3.05) is 26.2 Å². The molecule has 0 unspecified atom stereocenters. The van der Waals surface area contributed by atoms with Crippen LogP contribution in [0.2, 0.25) is 0 Å². The van der Waals surface area contributed by atoms with Crippen molar-refractivity contribution in [3.63, 3.8) is 0 Å².